The largest absolute Gasteiger partial charge is 0.492 e. The zero-order valence-corrected chi connectivity index (χ0v) is 28.1. The van der Waals surface area contributed by atoms with E-state index in [0.717, 1.165) is 57.5 Å². The predicted molar refractivity (Wildman–Crippen MR) is 186 cm³/mol. The van der Waals surface area contributed by atoms with Crippen LogP contribution < -0.4 is 10.3 Å². The average molecular weight is 710 g/mol. The zero-order valence-electron chi connectivity index (χ0n) is 25.1. The van der Waals surface area contributed by atoms with Gasteiger partial charge in [-0.1, -0.05) is 26.0 Å². The maximum Gasteiger partial charge on any atom is 0.275 e. The summed E-state index contributed by atoms with van der Waals surface area (Å²) in [6, 6.07) is 20.2. The minimum Gasteiger partial charge on any atom is -0.492 e. The van der Waals surface area contributed by atoms with E-state index in [1.165, 1.54) is 9.12 Å². The minimum absolute atomic E-state index is 0.0115. The molecule has 1 aliphatic rings. The van der Waals surface area contributed by atoms with E-state index in [1.54, 1.807) is 16.5 Å². The van der Waals surface area contributed by atoms with Gasteiger partial charge in [0, 0.05) is 98.3 Å². The van der Waals surface area contributed by atoms with Crippen LogP contribution in [-0.4, -0.2) is 68.6 Å². The number of likely N-dealkylation sites (N-methyl/N-ethyl adjacent to an activating group) is 1. The second-order valence-corrected chi connectivity index (χ2v) is 12.1. The van der Waals surface area contributed by atoms with Gasteiger partial charge in [0.15, 0.2) is 0 Å². The van der Waals surface area contributed by atoms with Crippen LogP contribution in [0.2, 0.25) is 0 Å². The first kappa shape index (κ1) is 31.1. The molecule has 0 spiro atoms. The van der Waals surface area contributed by atoms with Crippen molar-refractivity contribution in [2.45, 2.75) is 26.8 Å². The molecule has 43 heavy (non-hydrogen) atoms. The fraction of sp³-hybridized carbons (Fsp3) is 0.303. The van der Waals surface area contributed by atoms with Crippen LogP contribution in [0.3, 0.4) is 0 Å². The number of piperazine rings is 1. The highest BCUT2D eigenvalue weighted by Gasteiger charge is 2.28. The molecule has 10 heteroatoms. The summed E-state index contributed by atoms with van der Waals surface area (Å²) in [6.07, 6.45) is 3.85. The highest BCUT2D eigenvalue weighted by atomic mass is 127. The van der Waals surface area contributed by atoms with Gasteiger partial charge >= 0.3 is 0 Å². The van der Waals surface area contributed by atoms with E-state index in [9.17, 15) is 9.59 Å². The third kappa shape index (κ3) is 6.32. The number of pyridine rings is 2. The quantitative estimate of drug-likeness (QED) is 0.177. The van der Waals surface area contributed by atoms with Gasteiger partial charge in [-0.15, -0.1) is 0 Å². The van der Waals surface area contributed by atoms with Crippen LogP contribution >= 0.6 is 30.3 Å². The first-order valence-electron chi connectivity index (χ1n) is 14.5. The number of halogens is 1. The Labute approximate surface area is 268 Å². The third-order valence-corrected chi connectivity index (χ3v) is 9.59. The molecule has 0 radical (unpaired) electrons. The van der Waals surface area contributed by atoms with E-state index in [2.05, 4.69) is 44.3 Å². The van der Waals surface area contributed by atoms with Crippen LogP contribution in [0, 0.1) is 0 Å². The predicted octanol–water partition coefficient (Wildman–Crippen LogP) is 6.64. The molecule has 6 rings (SSSR count). The Morgan fingerprint density at radius 3 is 2.47 bits per heavy atom. The molecular formula is C33H36IN5O3S. The van der Waals surface area contributed by atoms with Gasteiger partial charge in [0.25, 0.3) is 5.56 Å². The summed E-state index contributed by atoms with van der Waals surface area (Å²) >= 11 is 2.19. The smallest absolute Gasteiger partial charge is 0.275 e. The molecule has 2 aromatic carbocycles. The molecule has 1 atom stereocenters. The van der Waals surface area contributed by atoms with Crippen molar-refractivity contribution in [2.75, 3.05) is 33.3 Å². The lowest BCUT2D eigenvalue weighted by Gasteiger charge is -2.37. The van der Waals surface area contributed by atoms with Gasteiger partial charge in [0.05, 0.1) is 17.3 Å². The topological polar surface area (TPSA) is 72.6 Å². The number of amides is 1. The number of carbonyl (C=O) groups excluding carboxylic acids is 1. The molecule has 1 amide bonds. The van der Waals surface area contributed by atoms with E-state index in [1.807, 2.05) is 86.6 Å². The monoisotopic (exact) mass is 709 g/mol. The molecule has 0 N–H and O–H groups in total. The molecule has 1 aliphatic heterocycles. The molecule has 1 fully saturated rings. The third-order valence-electron chi connectivity index (χ3n) is 7.86. The number of nitrogens with zero attached hydrogens (tertiary/aromatic N) is 5. The number of hydrogen-bond donors (Lipinski definition) is 0. The highest BCUT2D eigenvalue weighted by molar-refractivity contribution is 14.2. The summed E-state index contributed by atoms with van der Waals surface area (Å²) in [5, 5.41) is 1.97. The van der Waals surface area contributed by atoms with Gasteiger partial charge in [0.1, 0.15) is 17.9 Å². The maximum atomic E-state index is 12.8. The first-order chi connectivity index (χ1) is 20.8. The Kier molecular flexibility index (Phi) is 9.78. The van der Waals surface area contributed by atoms with Crippen molar-refractivity contribution >= 4 is 58.0 Å². The van der Waals surface area contributed by atoms with Crippen LogP contribution in [0.25, 0.3) is 44.2 Å². The van der Waals surface area contributed by atoms with Crippen LogP contribution in [0.15, 0.2) is 77.9 Å². The van der Waals surface area contributed by atoms with E-state index in [-0.39, 0.29) is 17.5 Å². The van der Waals surface area contributed by atoms with E-state index in [4.69, 9.17) is 9.72 Å². The van der Waals surface area contributed by atoms with Crippen molar-refractivity contribution in [1.82, 2.24) is 23.3 Å². The number of fused-ring (bicyclic) bond motifs is 2. The molecule has 8 nitrogen and oxygen atoms in total. The normalized spacial score (nSPS) is 15.5. The molecule has 4 heterocycles. The number of ether oxygens (including phenoxy) is 1. The van der Waals surface area contributed by atoms with Gasteiger partial charge in [-0.3, -0.25) is 18.5 Å². The van der Waals surface area contributed by atoms with Gasteiger partial charge in [-0.2, -0.15) is 0 Å². The Balaban J connectivity index is 0.00000180. The second-order valence-electron chi connectivity index (χ2n) is 10.4. The van der Waals surface area contributed by atoms with Gasteiger partial charge in [-0.05, 0) is 61.0 Å². The first-order valence-corrected chi connectivity index (χ1v) is 17.8. The van der Waals surface area contributed by atoms with E-state index in [0.29, 0.717) is 18.7 Å². The summed E-state index contributed by atoms with van der Waals surface area (Å²) in [6.45, 7) is 8.81. The fourth-order valence-electron chi connectivity index (χ4n) is 5.44. The van der Waals surface area contributed by atoms with Crippen molar-refractivity contribution in [3.8, 4) is 28.1 Å². The molecule has 1 saturated heterocycles. The minimum atomic E-state index is -0.112. The number of hydrogen-bond acceptors (Lipinski definition) is 6. The Morgan fingerprint density at radius 2 is 1.72 bits per heavy atom. The highest BCUT2D eigenvalue weighted by Crippen LogP contribution is 2.33. The molecule has 1 unspecified atom stereocenters. The Hall–Kier alpha value is -3.35. The number of aryl methyl sites for hydroxylation is 1. The van der Waals surface area contributed by atoms with Crippen molar-refractivity contribution in [1.29, 1.82) is 0 Å². The Morgan fingerprint density at radius 1 is 0.977 bits per heavy atom. The van der Waals surface area contributed by atoms with Crippen LogP contribution in [0.5, 0.6) is 5.75 Å². The van der Waals surface area contributed by atoms with Crippen molar-refractivity contribution in [3.05, 3.63) is 83.4 Å². The lowest BCUT2D eigenvalue weighted by molar-refractivity contribution is -0.139. The SMILES string of the molecule is CC.CC1C(=O)N(C)CCN1CCOc1ccc(-c2ccc3cc(-c4cn(C)c(=O)c5c4ccn5SI)ccc3n2)cc1. The molecule has 0 aliphatic carbocycles. The molecule has 224 valence electrons. The molecule has 5 aromatic rings. The van der Waals surface area contributed by atoms with Crippen LogP contribution in [-0.2, 0) is 11.8 Å². The van der Waals surface area contributed by atoms with E-state index >= 15 is 0 Å². The summed E-state index contributed by atoms with van der Waals surface area (Å²) in [5.74, 6) is 0.959. The fourth-order valence-corrected chi connectivity index (χ4v) is 6.77. The summed E-state index contributed by atoms with van der Waals surface area (Å²) in [7, 11) is 5.13. The van der Waals surface area contributed by atoms with Crippen molar-refractivity contribution < 1.29 is 9.53 Å². The van der Waals surface area contributed by atoms with Crippen molar-refractivity contribution in [3.63, 3.8) is 0 Å². The summed E-state index contributed by atoms with van der Waals surface area (Å²) < 4.78 is 9.53. The standard InChI is InChI=1S/C31H30IN5O3S.C2H6/c1-20-30(38)34(2)14-15-36(20)16-17-40-24-8-4-21(5-9-24)27-11-7-23-18-22(6-10-28(23)33-27)26-19-35(3)31(39)29-25(26)12-13-37(29)41-32;1-2/h4-13,18-20H,14-17H2,1-3H3;1-2H3. The van der Waals surface area contributed by atoms with Gasteiger partial charge < -0.3 is 14.2 Å². The van der Waals surface area contributed by atoms with Crippen molar-refractivity contribution in [2.24, 2.45) is 7.05 Å². The molecule has 0 bridgehead atoms. The molecule has 0 saturated carbocycles. The van der Waals surface area contributed by atoms with Crippen LogP contribution in [0.4, 0.5) is 0 Å². The zero-order chi connectivity index (χ0) is 30.7. The summed E-state index contributed by atoms with van der Waals surface area (Å²) in [5.41, 5.74) is 5.55. The van der Waals surface area contributed by atoms with E-state index < -0.39 is 0 Å². The number of aromatic nitrogens is 3. The number of rotatable bonds is 7. The van der Waals surface area contributed by atoms with Crippen LogP contribution in [0.1, 0.15) is 20.8 Å². The number of benzene rings is 2. The van der Waals surface area contributed by atoms with Gasteiger partial charge in [-0.25, -0.2) is 4.98 Å². The lowest BCUT2D eigenvalue weighted by atomic mass is 10.0. The summed E-state index contributed by atoms with van der Waals surface area (Å²) in [4.78, 5) is 33.9. The maximum absolute atomic E-state index is 12.8. The Bertz CT molecular complexity index is 1820. The molecular weight excluding hydrogens is 673 g/mol. The lowest BCUT2D eigenvalue weighted by Crippen LogP contribution is -2.55. The number of carbonyl (C=O) groups is 1. The second kappa shape index (κ2) is 13.5. The average Bonchev–Trinajstić information content (AvgIpc) is 3.48. The van der Waals surface area contributed by atoms with Gasteiger partial charge in [0.2, 0.25) is 5.91 Å². The molecule has 3 aromatic heterocycles.